The number of halogens is 2. The van der Waals surface area contributed by atoms with Crippen molar-refractivity contribution in [1.29, 1.82) is 0 Å². The maximum Gasteiger partial charge on any atom is 0.337 e. The van der Waals surface area contributed by atoms with E-state index in [9.17, 15) is 9.18 Å². The summed E-state index contributed by atoms with van der Waals surface area (Å²) < 4.78 is 18.3. The van der Waals surface area contributed by atoms with E-state index in [2.05, 4.69) is 10.1 Å². The maximum atomic E-state index is 13.7. The Balaban J connectivity index is 2.19. The summed E-state index contributed by atoms with van der Waals surface area (Å²) in [6.07, 6.45) is 0. The van der Waals surface area contributed by atoms with E-state index in [-0.39, 0.29) is 12.4 Å². The van der Waals surface area contributed by atoms with Gasteiger partial charge in [0.15, 0.2) is 0 Å². The third kappa shape index (κ3) is 3.73. The minimum atomic E-state index is -0.448. The minimum absolute atomic E-state index is 0.276. The zero-order valence-electron chi connectivity index (χ0n) is 11.7. The second kappa shape index (κ2) is 6.59. The predicted molar refractivity (Wildman–Crippen MR) is 81.3 cm³/mol. The van der Waals surface area contributed by atoms with Crippen molar-refractivity contribution in [2.45, 2.75) is 13.5 Å². The van der Waals surface area contributed by atoms with Crippen molar-refractivity contribution in [3.63, 3.8) is 0 Å². The summed E-state index contributed by atoms with van der Waals surface area (Å²) in [6.45, 7) is 2.17. The highest BCUT2D eigenvalue weighted by molar-refractivity contribution is 6.33. The lowest BCUT2D eigenvalue weighted by atomic mass is 10.1. The summed E-state index contributed by atoms with van der Waals surface area (Å²) in [5, 5.41) is 3.49. The largest absolute Gasteiger partial charge is 0.465 e. The van der Waals surface area contributed by atoms with Crippen LogP contribution < -0.4 is 5.32 Å². The number of carbonyl (C=O) groups is 1. The van der Waals surface area contributed by atoms with Crippen LogP contribution in [0.15, 0.2) is 36.4 Å². The van der Waals surface area contributed by atoms with Gasteiger partial charge in [0, 0.05) is 12.1 Å². The molecule has 0 unspecified atom stereocenters. The first-order chi connectivity index (χ1) is 10.0. The van der Waals surface area contributed by atoms with E-state index < -0.39 is 5.97 Å². The Bertz CT molecular complexity index is 673. The monoisotopic (exact) mass is 307 g/mol. The highest BCUT2D eigenvalue weighted by Crippen LogP contribution is 2.24. The van der Waals surface area contributed by atoms with Gasteiger partial charge in [-0.1, -0.05) is 29.3 Å². The van der Waals surface area contributed by atoms with Gasteiger partial charge in [0.25, 0.3) is 0 Å². The summed E-state index contributed by atoms with van der Waals surface area (Å²) in [4.78, 5) is 11.5. The summed E-state index contributed by atoms with van der Waals surface area (Å²) in [6, 6.07) is 9.67. The average molecular weight is 308 g/mol. The number of esters is 1. The van der Waals surface area contributed by atoms with Crippen LogP contribution in [0.3, 0.4) is 0 Å². The molecule has 0 spiro atoms. The molecule has 0 amide bonds. The second-order valence-electron chi connectivity index (χ2n) is 4.63. The zero-order valence-corrected chi connectivity index (χ0v) is 12.5. The van der Waals surface area contributed by atoms with E-state index in [1.807, 2.05) is 6.92 Å². The molecule has 2 aromatic carbocycles. The summed E-state index contributed by atoms with van der Waals surface area (Å²) >= 11 is 6.07. The van der Waals surface area contributed by atoms with Crippen LogP contribution in [0.5, 0.6) is 0 Å². The second-order valence-corrected chi connectivity index (χ2v) is 5.04. The molecule has 0 bridgehead atoms. The van der Waals surface area contributed by atoms with Crippen LogP contribution in [0.4, 0.5) is 10.1 Å². The van der Waals surface area contributed by atoms with Crippen molar-refractivity contribution in [3.8, 4) is 0 Å². The summed E-state index contributed by atoms with van der Waals surface area (Å²) in [5.74, 6) is -0.732. The first kappa shape index (κ1) is 15.3. The summed E-state index contributed by atoms with van der Waals surface area (Å²) in [7, 11) is 1.31. The number of carbonyl (C=O) groups excluding carboxylic acids is 1. The molecule has 21 heavy (non-hydrogen) atoms. The first-order valence-electron chi connectivity index (χ1n) is 6.38. The van der Waals surface area contributed by atoms with Crippen molar-refractivity contribution < 1.29 is 13.9 Å². The molecule has 0 saturated heterocycles. The number of hydrogen-bond acceptors (Lipinski definition) is 3. The van der Waals surface area contributed by atoms with Gasteiger partial charge in [0.2, 0.25) is 0 Å². The Hall–Kier alpha value is -2.07. The average Bonchev–Trinajstić information content (AvgIpc) is 2.48. The van der Waals surface area contributed by atoms with Gasteiger partial charge in [-0.25, -0.2) is 9.18 Å². The normalized spacial score (nSPS) is 10.3. The Labute approximate surface area is 127 Å². The number of rotatable bonds is 4. The molecule has 0 aliphatic heterocycles. The van der Waals surface area contributed by atoms with E-state index in [1.54, 1.807) is 30.3 Å². The zero-order chi connectivity index (χ0) is 15.4. The topological polar surface area (TPSA) is 38.3 Å². The Morgan fingerprint density at radius 1 is 1.29 bits per heavy atom. The molecule has 0 aliphatic rings. The molecule has 1 N–H and O–H groups in total. The fourth-order valence-electron chi connectivity index (χ4n) is 1.94. The Morgan fingerprint density at radius 2 is 2.05 bits per heavy atom. The van der Waals surface area contributed by atoms with Crippen molar-refractivity contribution in [2.75, 3.05) is 12.4 Å². The first-order valence-corrected chi connectivity index (χ1v) is 6.76. The molecule has 0 aromatic heterocycles. The molecule has 2 rings (SSSR count). The molecule has 0 radical (unpaired) electrons. The third-order valence-corrected chi connectivity index (χ3v) is 3.39. The lowest BCUT2D eigenvalue weighted by Crippen LogP contribution is -2.05. The smallest absolute Gasteiger partial charge is 0.337 e. The molecule has 0 fully saturated rings. The van der Waals surface area contributed by atoms with Gasteiger partial charge < -0.3 is 10.1 Å². The van der Waals surface area contributed by atoms with Crippen molar-refractivity contribution in [3.05, 3.63) is 63.9 Å². The number of benzene rings is 2. The number of ether oxygens (including phenoxy) is 1. The highest BCUT2D eigenvalue weighted by Gasteiger charge is 2.09. The van der Waals surface area contributed by atoms with Crippen LogP contribution in [0.1, 0.15) is 21.5 Å². The molecule has 0 saturated carbocycles. The Morgan fingerprint density at radius 3 is 2.76 bits per heavy atom. The fourth-order valence-corrected chi connectivity index (χ4v) is 2.12. The Kier molecular flexibility index (Phi) is 4.81. The fraction of sp³-hybridized carbons (Fsp3) is 0.188. The van der Waals surface area contributed by atoms with Crippen LogP contribution in [0.25, 0.3) is 0 Å². The predicted octanol–water partition coefficient (Wildman–Crippen LogP) is 4.19. The van der Waals surface area contributed by atoms with E-state index in [0.717, 1.165) is 5.56 Å². The van der Waals surface area contributed by atoms with Gasteiger partial charge >= 0.3 is 5.97 Å². The SMILES string of the molecule is COC(=O)c1ccc(Cl)c(NCc2cc(C)ccc2F)c1. The van der Waals surface area contributed by atoms with Crippen molar-refractivity contribution >= 4 is 23.3 Å². The van der Waals surface area contributed by atoms with Gasteiger partial charge in [-0.3, -0.25) is 0 Å². The van der Waals surface area contributed by atoms with Crippen molar-refractivity contribution in [2.24, 2.45) is 0 Å². The lowest BCUT2D eigenvalue weighted by molar-refractivity contribution is 0.0601. The minimum Gasteiger partial charge on any atom is -0.465 e. The van der Waals surface area contributed by atoms with Gasteiger partial charge in [-0.2, -0.15) is 0 Å². The quantitative estimate of drug-likeness (QED) is 0.861. The van der Waals surface area contributed by atoms with Crippen LogP contribution in [0.2, 0.25) is 5.02 Å². The molecular formula is C16H15ClFNO2. The lowest BCUT2D eigenvalue weighted by Gasteiger charge is -2.11. The van der Waals surface area contributed by atoms with E-state index in [0.29, 0.717) is 21.8 Å². The van der Waals surface area contributed by atoms with Crippen LogP contribution in [-0.2, 0) is 11.3 Å². The molecular weight excluding hydrogens is 293 g/mol. The molecule has 3 nitrogen and oxygen atoms in total. The molecule has 0 atom stereocenters. The molecule has 2 aromatic rings. The molecule has 0 heterocycles. The van der Waals surface area contributed by atoms with E-state index >= 15 is 0 Å². The third-order valence-electron chi connectivity index (χ3n) is 3.06. The standard InChI is InChI=1S/C16H15ClFNO2/c1-10-3-6-14(18)12(7-10)9-19-15-8-11(16(20)21-2)4-5-13(15)17/h3-8,19H,9H2,1-2H3. The highest BCUT2D eigenvalue weighted by atomic mass is 35.5. The van der Waals surface area contributed by atoms with E-state index in [4.69, 9.17) is 11.6 Å². The number of methoxy groups -OCH3 is 1. The van der Waals surface area contributed by atoms with Crippen molar-refractivity contribution in [1.82, 2.24) is 0 Å². The number of anilines is 1. The van der Waals surface area contributed by atoms with E-state index in [1.165, 1.54) is 13.2 Å². The van der Waals surface area contributed by atoms with Crippen LogP contribution in [-0.4, -0.2) is 13.1 Å². The van der Waals surface area contributed by atoms with Gasteiger partial charge in [0.1, 0.15) is 5.82 Å². The van der Waals surface area contributed by atoms with Gasteiger partial charge in [0.05, 0.1) is 23.4 Å². The maximum absolute atomic E-state index is 13.7. The number of nitrogens with one attached hydrogen (secondary N) is 1. The van der Waals surface area contributed by atoms with Crippen LogP contribution >= 0.6 is 11.6 Å². The molecule has 110 valence electrons. The number of hydrogen-bond donors (Lipinski definition) is 1. The van der Waals surface area contributed by atoms with Gasteiger partial charge in [-0.05, 0) is 31.2 Å². The van der Waals surface area contributed by atoms with Gasteiger partial charge in [-0.15, -0.1) is 0 Å². The van der Waals surface area contributed by atoms with Crippen LogP contribution in [0, 0.1) is 12.7 Å². The summed E-state index contributed by atoms with van der Waals surface area (Å²) in [5.41, 5.74) is 2.45. The molecule has 0 aliphatic carbocycles. The number of aryl methyl sites for hydroxylation is 1. The molecule has 5 heteroatoms.